The van der Waals surface area contributed by atoms with Gasteiger partial charge in [-0.1, -0.05) is 37.6 Å². The molecule has 10 heteroatoms. The van der Waals surface area contributed by atoms with Gasteiger partial charge in [0.05, 0.1) is 22.7 Å². The quantitative estimate of drug-likeness (QED) is 0.455. The molecule has 1 N–H and O–H groups in total. The van der Waals surface area contributed by atoms with Gasteiger partial charge in [0.2, 0.25) is 10.0 Å². The van der Waals surface area contributed by atoms with E-state index in [0.29, 0.717) is 28.3 Å². The summed E-state index contributed by atoms with van der Waals surface area (Å²) in [6.45, 7) is 8.35. The van der Waals surface area contributed by atoms with Gasteiger partial charge in [-0.25, -0.2) is 13.1 Å². The van der Waals surface area contributed by atoms with Crippen LogP contribution in [-0.4, -0.2) is 70.3 Å². The number of hydrogen-bond donors (Lipinski definition) is 1. The van der Waals surface area contributed by atoms with E-state index in [0.717, 1.165) is 50.1 Å². The highest BCUT2D eigenvalue weighted by Crippen LogP contribution is 2.39. The Hall–Kier alpha value is -2.02. The van der Waals surface area contributed by atoms with Gasteiger partial charge in [0.15, 0.2) is 5.75 Å². The zero-order valence-corrected chi connectivity index (χ0v) is 23.8. The molecule has 0 unspecified atom stereocenters. The van der Waals surface area contributed by atoms with E-state index in [9.17, 15) is 13.7 Å². The van der Waals surface area contributed by atoms with E-state index in [1.54, 1.807) is 0 Å². The van der Waals surface area contributed by atoms with Gasteiger partial charge in [-0.15, -0.1) is 11.6 Å². The van der Waals surface area contributed by atoms with E-state index in [-0.39, 0.29) is 18.1 Å². The molecule has 0 aromatic heterocycles. The maximum Gasteiger partial charge on any atom is 0.208 e. The summed E-state index contributed by atoms with van der Waals surface area (Å²) in [5, 5.41) is 10.1. The molecule has 1 saturated heterocycles. The first-order valence-corrected chi connectivity index (χ1v) is 15.3. The fourth-order valence-corrected chi connectivity index (χ4v) is 6.36. The summed E-state index contributed by atoms with van der Waals surface area (Å²) in [5.41, 5.74) is 3.30. The number of hydrogen-bond acceptors (Lipinski definition) is 6. The third-order valence-electron chi connectivity index (χ3n) is 7.49. The van der Waals surface area contributed by atoms with Gasteiger partial charge in [0.1, 0.15) is 12.7 Å². The molecule has 200 valence electrons. The summed E-state index contributed by atoms with van der Waals surface area (Å²) in [5.74, 6) is 0.697. The first-order valence-electron chi connectivity index (χ1n) is 12.5. The van der Waals surface area contributed by atoms with E-state index >= 15 is 0 Å². The predicted molar refractivity (Wildman–Crippen MR) is 150 cm³/mol. The maximum absolute atomic E-state index is 11.4. The van der Waals surface area contributed by atoms with Crippen molar-refractivity contribution in [2.75, 3.05) is 49.8 Å². The molecule has 1 aliphatic heterocycles. The molecule has 7 nitrogen and oxygen atoms in total. The first-order chi connectivity index (χ1) is 17.5. The number of nitrogens with zero attached hydrogens (tertiary/aromatic N) is 3. The molecule has 0 spiro atoms. The van der Waals surface area contributed by atoms with E-state index in [1.807, 2.05) is 12.1 Å². The van der Waals surface area contributed by atoms with Gasteiger partial charge in [0, 0.05) is 49.4 Å². The van der Waals surface area contributed by atoms with Gasteiger partial charge in [-0.3, -0.25) is 4.90 Å². The Morgan fingerprint density at radius 3 is 2.32 bits per heavy atom. The molecule has 0 bridgehead atoms. The second-order valence-electron chi connectivity index (χ2n) is 10.4. The lowest BCUT2D eigenvalue weighted by Crippen LogP contribution is -2.58. The van der Waals surface area contributed by atoms with Crippen LogP contribution in [0.25, 0.3) is 0 Å². The Balaban J connectivity index is 1.38. The average molecular weight is 566 g/mol. The number of rotatable bonds is 9. The molecule has 0 radical (unpaired) electrons. The van der Waals surface area contributed by atoms with E-state index in [2.05, 4.69) is 58.7 Å². The molecule has 1 saturated carbocycles. The highest BCUT2D eigenvalue weighted by Gasteiger charge is 2.36. The van der Waals surface area contributed by atoms with Crippen LogP contribution in [0.4, 0.5) is 5.69 Å². The SMILES string of the molecule is CC(C)(c1ccc(N2CCN(C3CC(NS(C)(=O)=O)C3)CC2)cc1)c1cc(Cl)c(OCCCl)c(C#N)c1. The normalized spacial score (nSPS) is 20.8. The highest BCUT2D eigenvalue weighted by atomic mass is 35.5. The second kappa shape index (κ2) is 11.4. The van der Waals surface area contributed by atoms with Crippen molar-refractivity contribution in [2.24, 2.45) is 0 Å². The molecule has 0 amide bonds. The molecular weight excluding hydrogens is 531 g/mol. The Labute approximate surface area is 230 Å². The lowest BCUT2D eigenvalue weighted by atomic mass is 9.77. The van der Waals surface area contributed by atoms with Crippen molar-refractivity contribution >= 4 is 38.9 Å². The van der Waals surface area contributed by atoms with Gasteiger partial charge in [-0.2, -0.15) is 5.26 Å². The lowest BCUT2D eigenvalue weighted by molar-refractivity contribution is 0.0988. The molecule has 37 heavy (non-hydrogen) atoms. The lowest BCUT2D eigenvalue weighted by Gasteiger charge is -2.46. The Morgan fingerprint density at radius 1 is 1.11 bits per heavy atom. The fraction of sp³-hybridized carbons (Fsp3) is 0.519. The average Bonchev–Trinajstić information content (AvgIpc) is 2.84. The third kappa shape index (κ3) is 6.52. The Kier molecular flexibility index (Phi) is 8.61. The number of halogens is 2. The minimum Gasteiger partial charge on any atom is -0.489 e. The van der Waals surface area contributed by atoms with Crippen LogP contribution in [0.3, 0.4) is 0 Å². The van der Waals surface area contributed by atoms with Crippen LogP contribution in [-0.2, 0) is 15.4 Å². The van der Waals surface area contributed by atoms with Crippen LogP contribution in [0.5, 0.6) is 5.75 Å². The molecule has 0 atom stereocenters. The minimum absolute atomic E-state index is 0.0717. The Morgan fingerprint density at radius 2 is 1.76 bits per heavy atom. The molecule has 1 aliphatic carbocycles. The second-order valence-corrected chi connectivity index (χ2v) is 13.0. The predicted octanol–water partition coefficient (Wildman–Crippen LogP) is 4.36. The number of nitriles is 1. The smallest absolute Gasteiger partial charge is 0.208 e. The zero-order valence-electron chi connectivity index (χ0n) is 21.5. The number of benzene rings is 2. The highest BCUT2D eigenvalue weighted by molar-refractivity contribution is 7.88. The van der Waals surface area contributed by atoms with Crippen molar-refractivity contribution in [1.82, 2.24) is 9.62 Å². The summed E-state index contributed by atoms with van der Waals surface area (Å²) in [7, 11) is -3.13. The summed E-state index contributed by atoms with van der Waals surface area (Å²) in [4.78, 5) is 4.87. The topological polar surface area (TPSA) is 85.7 Å². The number of nitrogens with one attached hydrogen (secondary N) is 1. The molecule has 2 fully saturated rings. The van der Waals surface area contributed by atoms with Gasteiger partial charge < -0.3 is 9.64 Å². The number of piperazine rings is 1. The van der Waals surface area contributed by atoms with Crippen molar-refractivity contribution in [2.45, 2.75) is 44.2 Å². The van der Waals surface area contributed by atoms with E-state index in [1.165, 1.54) is 11.9 Å². The molecule has 2 aromatic carbocycles. The van der Waals surface area contributed by atoms with E-state index < -0.39 is 10.0 Å². The van der Waals surface area contributed by atoms with Crippen molar-refractivity contribution in [3.63, 3.8) is 0 Å². The summed E-state index contributed by atoms with van der Waals surface area (Å²) >= 11 is 12.2. The van der Waals surface area contributed by atoms with Crippen LogP contribution in [0.2, 0.25) is 5.02 Å². The first kappa shape index (κ1) is 28.0. The standard InChI is InChI=1S/C27H34Cl2N4O3S/c1-27(2,21-14-19(18-30)26(25(29)15-21)36-13-8-28)20-4-6-23(7-5-20)32-9-11-33(12-10-32)24-16-22(17-24)31-37(3,34)35/h4-7,14-15,22,24,31H,8-13,16-17H2,1-3H3. The van der Waals surface area contributed by atoms with Crippen molar-refractivity contribution in [3.8, 4) is 11.8 Å². The number of anilines is 1. The van der Waals surface area contributed by atoms with Crippen LogP contribution in [0, 0.1) is 11.3 Å². The number of alkyl halides is 1. The van der Waals surface area contributed by atoms with Crippen molar-refractivity contribution < 1.29 is 13.2 Å². The van der Waals surface area contributed by atoms with Crippen molar-refractivity contribution in [1.29, 1.82) is 5.26 Å². The van der Waals surface area contributed by atoms with Crippen LogP contribution in [0.1, 0.15) is 43.4 Å². The summed E-state index contributed by atoms with van der Waals surface area (Å²) < 4.78 is 31.1. The Bertz CT molecular complexity index is 1250. The summed E-state index contributed by atoms with van der Waals surface area (Å²) in [6, 6.07) is 15.1. The molecule has 2 aromatic rings. The van der Waals surface area contributed by atoms with E-state index in [4.69, 9.17) is 27.9 Å². The zero-order chi connectivity index (χ0) is 26.8. The van der Waals surface area contributed by atoms with Crippen molar-refractivity contribution in [3.05, 3.63) is 58.1 Å². The van der Waals surface area contributed by atoms with Gasteiger partial charge in [-0.05, 0) is 48.2 Å². The molecular formula is C27H34Cl2N4O3S. The molecule has 4 rings (SSSR count). The van der Waals surface area contributed by atoms with Crippen LogP contribution >= 0.6 is 23.2 Å². The monoisotopic (exact) mass is 564 g/mol. The fourth-order valence-electron chi connectivity index (χ4n) is 5.21. The maximum atomic E-state index is 11.4. The molecule has 2 aliphatic rings. The summed E-state index contributed by atoms with van der Waals surface area (Å²) in [6.07, 6.45) is 2.99. The largest absolute Gasteiger partial charge is 0.489 e. The third-order valence-corrected chi connectivity index (χ3v) is 8.68. The number of sulfonamides is 1. The van der Waals surface area contributed by atoms with Gasteiger partial charge >= 0.3 is 0 Å². The van der Waals surface area contributed by atoms with Crippen LogP contribution < -0.4 is 14.4 Å². The van der Waals surface area contributed by atoms with Gasteiger partial charge in [0.25, 0.3) is 0 Å². The van der Waals surface area contributed by atoms with Crippen LogP contribution in [0.15, 0.2) is 36.4 Å². The molecule has 1 heterocycles. The number of ether oxygens (including phenoxy) is 1. The minimum atomic E-state index is -3.13.